The Bertz CT molecular complexity index is 371. The summed E-state index contributed by atoms with van der Waals surface area (Å²) >= 11 is 0. The molecule has 11 heteroatoms. The Kier molecular flexibility index (Phi) is 5.52. The van der Waals surface area contributed by atoms with Gasteiger partial charge in [0, 0.05) is 6.42 Å². The predicted octanol–water partition coefficient (Wildman–Crippen LogP) is -2.74. The van der Waals surface area contributed by atoms with Gasteiger partial charge in [0.25, 0.3) is 0 Å². The maximum Gasteiger partial charge on any atom is 0.336 e. The van der Waals surface area contributed by atoms with Crippen molar-refractivity contribution in [3.8, 4) is 0 Å². The second-order valence-electron chi connectivity index (χ2n) is 3.24. The SMILES string of the molecule is NC(=O)N(N)C(=O)CCC(C(=O)O)N(N)C(N)=O. The van der Waals surface area contributed by atoms with E-state index in [1.165, 1.54) is 0 Å². The molecule has 0 radical (unpaired) electrons. The lowest BCUT2D eigenvalue weighted by Gasteiger charge is -2.22. The van der Waals surface area contributed by atoms with Gasteiger partial charge in [0.2, 0.25) is 5.91 Å². The number of imide groups is 1. The topological polar surface area (TPSA) is 199 Å². The Hall–Kier alpha value is -2.40. The molecule has 0 bridgehead atoms. The van der Waals surface area contributed by atoms with Gasteiger partial charge in [0.15, 0.2) is 0 Å². The number of primary amides is 2. The third-order valence-electron chi connectivity index (χ3n) is 2.01. The van der Waals surface area contributed by atoms with Gasteiger partial charge in [-0.1, -0.05) is 0 Å². The molecule has 0 saturated carbocycles. The summed E-state index contributed by atoms with van der Waals surface area (Å²) in [5.41, 5.74) is 9.52. The first-order chi connectivity index (χ1) is 8.18. The quantitative estimate of drug-likeness (QED) is 0.201. The number of rotatable bonds is 5. The Morgan fingerprint density at radius 2 is 1.56 bits per heavy atom. The fraction of sp³-hybridized carbons (Fsp3) is 0.429. The number of amides is 5. The van der Waals surface area contributed by atoms with E-state index in [0.29, 0.717) is 0 Å². The van der Waals surface area contributed by atoms with Crippen LogP contribution in [0.2, 0.25) is 0 Å². The molecular weight excluding hydrogens is 248 g/mol. The highest BCUT2D eigenvalue weighted by atomic mass is 16.4. The number of urea groups is 2. The maximum absolute atomic E-state index is 11.2. The minimum absolute atomic E-state index is 0.129. The lowest BCUT2D eigenvalue weighted by atomic mass is 10.1. The molecule has 0 aliphatic carbocycles. The summed E-state index contributed by atoms with van der Waals surface area (Å²) in [5.74, 6) is 7.73. The van der Waals surface area contributed by atoms with Gasteiger partial charge < -0.3 is 16.6 Å². The predicted molar refractivity (Wildman–Crippen MR) is 56.9 cm³/mol. The van der Waals surface area contributed by atoms with Crippen LogP contribution in [0.3, 0.4) is 0 Å². The Balaban J connectivity index is 4.55. The first kappa shape index (κ1) is 15.6. The molecule has 0 fully saturated rings. The standard InChI is InChI=1S/C7H14N6O5/c8-6(17)12(10)3(5(15)16)1-2-4(14)13(11)7(9)18/h3H,1-2,10-11H2,(H2,8,17)(H2,9,18)(H,15,16). The van der Waals surface area contributed by atoms with E-state index in [1.54, 1.807) is 0 Å². The second kappa shape index (κ2) is 6.36. The van der Waals surface area contributed by atoms with Crippen LogP contribution in [0.15, 0.2) is 0 Å². The van der Waals surface area contributed by atoms with Gasteiger partial charge in [0.05, 0.1) is 0 Å². The molecule has 0 spiro atoms. The monoisotopic (exact) mass is 262 g/mol. The van der Waals surface area contributed by atoms with Gasteiger partial charge >= 0.3 is 18.0 Å². The number of carbonyl (C=O) groups is 4. The fourth-order valence-corrected chi connectivity index (χ4v) is 1.04. The van der Waals surface area contributed by atoms with Crippen molar-refractivity contribution in [2.24, 2.45) is 23.2 Å². The van der Waals surface area contributed by atoms with Crippen molar-refractivity contribution >= 4 is 23.9 Å². The minimum atomic E-state index is -1.51. The zero-order valence-corrected chi connectivity index (χ0v) is 9.28. The van der Waals surface area contributed by atoms with Crippen LogP contribution >= 0.6 is 0 Å². The molecule has 9 N–H and O–H groups in total. The average Bonchev–Trinajstić information content (AvgIpc) is 2.26. The van der Waals surface area contributed by atoms with E-state index in [2.05, 4.69) is 0 Å². The van der Waals surface area contributed by atoms with E-state index in [4.69, 9.17) is 28.3 Å². The number of hydrazine groups is 2. The molecule has 0 rings (SSSR count). The van der Waals surface area contributed by atoms with Crippen molar-refractivity contribution in [2.75, 3.05) is 0 Å². The molecule has 5 amide bonds. The smallest absolute Gasteiger partial charge is 0.336 e. The molecule has 0 heterocycles. The molecule has 18 heavy (non-hydrogen) atoms. The summed E-state index contributed by atoms with van der Waals surface area (Å²) in [6.45, 7) is 0. The molecule has 0 aromatic heterocycles. The van der Waals surface area contributed by atoms with Crippen molar-refractivity contribution in [3.63, 3.8) is 0 Å². The van der Waals surface area contributed by atoms with Crippen molar-refractivity contribution in [2.45, 2.75) is 18.9 Å². The Morgan fingerprint density at radius 3 is 1.89 bits per heavy atom. The normalized spacial score (nSPS) is 11.4. The lowest BCUT2D eigenvalue weighted by Crippen LogP contribution is -2.53. The number of hydrogen-bond acceptors (Lipinski definition) is 6. The third kappa shape index (κ3) is 4.23. The van der Waals surface area contributed by atoms with Crippen LogP contribution < -0.4 is 23.2 Å². The van der Waals surface area contributed by atoms with Crippen LogP contribution in [0.25, 0.3) is 0 Å². The highest BCUT2D eigenvalue weighted by Gasteiger charge is 2.27. The lowest BCUT2D eigenvalue weighted by molar-refractivity contribution is -0.142. The van der Waals surface area contributed by atoms with Crippen LogP contribution in [-0.2, 0) is 9.59 Å². The molecule has 0 aromatic rings. The summed E-state index contributed by atoms with van der Waals surface area (Å²) in [6.07, 6.45) is -0.814. The van der Waals surface area contributed by atoms with Crippen molar-refractivity contribution < 1.29 is 24.3 Å². The highest BCUT2D eigenvalue weighted by Crippen LogP contribution is 2.05. The number of carboxylic acid groups (broad SMARTS) is 1. The minimum Gasteiger partial charge on any atom is -0.480 e. The van der Waals surface area contributed by atoms with Gasteiger partial charge in [-0.2, -0.15) is 5.01 Å². The molecule has 0 saturated heterocycles. The fourth-order valence-electron chi connectivity index (χ4n) is 1.04. The average molecular weight is 262 g/mol. The summed E-state index contributed by atoms with van der Waals surface area (Å²) in [7, 11) is 0. The summed E-state index contributed by atoms with van der Waals surface area (Å²) < 4.78 is 0. The third-order valence-corrected chi connectivity index (χ3v) is 2.01. The number of nitrogens with zero attached hydrogens (tertiary/aromatic N) is 2. The molecule has 0 aromatic carbocycles. The summed E-state index contributed by atoms with van der Waals surface area (Å²) in [6, 6.07) is -3.87. The molecular formula is C7H14N6O5. The number of carboxylic acids is 1. The van der Waals surface area contributed by atoms with E-state index >= 15 is 0 Å². The zero-order chi connectivity index (χ0) is 14.5. The van der Waals surface area contributed by atoms with Crippen LogP contribution in [0.5, 0.6) is 0 Å². The van der Waals surface area contributed by atoms with Crippen molar-refractivity contribution in [1.29, 1.82) is 0 Å². The molecule has 1 atom stereocenters. The highest BCUT2D eigenvalue weighted by molar-refractivity contribution is 5.93. The van der Waals surface area contributed by atoms with Crippen LogP contribution in [0.1, 0.15) is 12.8 Å². The van der Waals surface area contributed by atoms with E-state index in [9.17, 15) is 19.2 Å². The van der Waals surface area contributed by atoms with Crippen LogP contribution in [0.4, 0.5) is 9.59 Å². The van der Waals surface area contributed by atoms with Crippen LogP contribution in [0, 0.1) is 0 Å². The molecule has 102 valence electrons. The number of aliphatic carboxylic acids is 1. The zero-order valence-electron chi connectivity index (χ0n) is 9.28. The first-order valence-corrected chi connectivity index (χ1v) is 4.61. The first-order valence-electron chi connectivity index (χ1n) is 4.61. The van der Waals surface area contributed by atoms with Gasteiger partial charge in [-0.25, -0.2) is 31.1 Å². The molecule has 0 aliphatic rings. The van der Waals surface area contributed by atoms with Crippen molar-refractivity contribution in [1.82, 2.24) is 10.0 Å². The largest absolute Gasteiger partial charge is 0.480 e. The van der Waals surface area contributed by atoms with Crippen LogP contribution in [-0.4, -0.2) is 45.1 Å². The van der Waals surface area contributed by atoms with E-state index in [-0.39, 0.29) is 16.4 Å². The number of carbonyl (C=O) groups excluding carboxylic acids is 3. The summed E-state index contributed by atoms with van der Waals surface area (Å²) in [4.78, 5) is 43.3. The maximum atomic E-state index is 11.2. The number of hydrogen-bond donors (Lipinski definition) is 5. The van der Waals surface area contributed by atoms with Gasteiger partial charge in [0.1, 0.15) is 6.04 Å². The second-order valence-corrected chi connectivity index (χ2v) is 3.24. The van der Waals surface area contributed by atoms with Gasteiger partial charge in [-0.05, 0) is 6.42 Å². The van der Waals surface area contributed by atoms with Crippen molar-refractivity contribution in [3.05, 3.63) is 0 Å². The van der Waals surface area contributed by atoms with Gasteiger partial charge in [-0.15, -0.1) is 0 Å². The van der Waals surface area contributed by atoms with E-state index < -0.39 is 36.4 Å². The van der Waals surface area contributed by atoms with Gasteiger partial charge in [-0.3, -0.25) is 4.79 Å². The van der Waals surface area contributed by atoms with E-state index in [1.807, 2.05) is 0 Å². The number of nitrogens with two attached hydrogens (primary N) is 4. The Labute approximate surface area is 101 Å². The summed E-state index contributed by atoms with van der Waals surface area (Å²) in [5, 5.41) is 9.17. The Morgan fingerprint density at radius 1 is 1.06 bits per heavy atom. The molecule has 0 aliphatic heterocycles. The molecule has 11 nitrogen and oxygen atoms in total. The molecule has 1 unspecified atom stereocenters. The van der Waals surface area contributed by atoms with E-state index in [0.717, 1.165) is 0 Å².